The second-order valence-corrected chi connectivity index (χ2v) is 4.65. The molecule has 1 heterocycles. The Hall–Kier alpha value is -0.720. The van der Waals surface area contributed by atoms with Crippen LogP contribution in [0.3, 0.4) is 0 Å². The van der Waals surface area contributed by atoms with E-state index in [1.54, 1.807) is 14.2 Å². The van der Waals surface area contributed by atoms with Gasteiger partial charge in [0, 0.05) is 32.3 Å². The number of hydrogen-bond acceptors (Lipinski definition) is 6. The van der Waals surface area contributed by atoms with Gasteiger partial charge in [-0.3, -0.25) is 0 Å². The Bertz CT molecular complexity index is 333. The van der Waals surface area contributed by atoms with Crippen molar-refractivity contribution in [2.75, 3.05) is 32.7 Å². The van der Waals surface area contributed by atoms with E-state index in [0.717, 1.165) is 30.3 Å². The van der Waals surface area contributed by atoms with Crippen molar-refractivity contribution < 1.29 is 9.47 Å². The fourth-order valence-electron chi connectivity index (χ4n) is 1.76. The Labute approximate surface area is 99.3 Å². The number of aromatic nitrogens is 2. The number of anilines is 1. The van der Waals surface area contributed by atoms with Crippen LogP contribution in [0.2, 0.25) is 0 Å². The molecule has 6 heteroatoms. The van der Waals surface area contributed by atoms with Crippen molar-refractivity contribution in [1.29, 1.82) is 0 Å². The first kappa shape index (κ1) is 11.8. The second-order valence-electron chi connectivity index (χ2n) is 3.89. The molecule has 0 unspecified atom stereocenters. The van der Waals surface area contributed by atoms with Crippen LogP contribution < -0.4 is 5.32 Å². The van der Waals surface area contributed by atoms with Gasteiger partial charge in [-0.05, 0) is 19.3 Å². The third-order valence-corrected chi connectivity index (χ3v) is 3.64. The molecule has 0 bridgehead atoms. The number of ether oxygens (including phenoxy) is 2. The van der Waals surface area contributed by atoms with Gasteiger partial charge in [-0.2, -0.15) is 4.37 Å². The largest absolute Gasteiger partial charge is 0.383 e. The van der Waals surface area contributed by atoms with Gasteiger partial charge < -0.3 is 14.8 Å². The molecule has 16 heavy (non-hydrogen) atoms. The Kier molecular flexibility index (Phi) is 3.73. The summed E-state index contributed by atoms with van der Waals surface area (Å²) in [6.07, 6.45) is 3.25. The molecule has 0 saturated heterocycles. The van der Waals surface area contributed by atoms with Gasteiger partial charge in [0.1, 0.15) is 5.60 Å². The zero-order valence-corrected chi connectivity index (χ0v) is 10.5. The normalized spacial score (nSPS) is 18.1. The van der Waals surface area contributed by atoms with Gasteiger partial charge in [0.15, 0.2) is 5.82 Å². The summed E-state index contributed by atoms with van der Waals surface area (Å²) in [5.41, 5.74) is -0.211. The van der Waals surface area contributed by atoms with E-state index in [2.05, 4.69) is 14.7 Å². The molecule has 1 aromatic rings. The lowest BCUT2D eigenvalue weighted by Gasteiger charge is -2.37. The second kappa shape index (κ2) is 5.07. The highest BCUT2D eigenvalue weighted by Crippen LogP contribution is 2.43. The van der Waals surface area contributed by atoms with Crippen LogP contribution in [0.15, 0.2) is 0 Å². The molecule has 90 valence electrons. The zero-order valence-electron chi connectivity index (χ0n) is 9.65. The van der Waals surface area contributed by atoms with E-state index < -0.39 is 0 Å². The quantitative estimate of drug-likeness (QED) is 0.769. The Morgan fingerprint density at radius 3 is 2.81 bits per heavy atom. The van der Waals surface area contributed by atoms with Crippen molar-refractivity contribution in [2.24, 2.45) is 0 Å². The predicted molar refractivity (Wildman–Crippen MR) is 62.8 cm³/mol. The molecule has 0 aromatic carbocycles. The number of rotatable bonds is 6. The van der Waals surface area contributed by atoms with Gasteiger partial charge in [-0.1, -0.05) is 0 Å². The van der Waals surface area contributed by atoms with Crippen LogP contribution in [0.25, 0.3) is 0 Å². The maximum atomic E-state index is 5.53. The smallest absolute Gasteiger partial charge is 0.202 e. The van der Waals surface area contributed by atoms with Crippen LogP contribution in [0.4, 0.5) is 5.13 Å². The van der Waals surface area contributed by atoms with Crippen LogP contribution in [0.5, 0.6) is 0 Å². The van der Waals surface area contributed by atoms with Gasteiger partial charge in [-0.15, -0.1) is 0 Å². The Morgan fingerprint density at radius 1 is 1.44 bits per heavy atom. The summed E-state index contributed by atoms with van der Waals surface area (Å²) in [6.45, 7) is 1.43. The minimum absolute atomic E-state index is 0.211. The van der Waals surface area contributed by atoms with Crippen LogP contribution in [0, 0.1) is 0 Å². The number of hydrogen-bond donors (Lipinski definition) is 1. The van der Waals surface area contributed by atoms with E-state index in [9.17, 15) is 0 Å². The molecule has 2 rings (SSSR count). The third-order valence-electron chi connectivity index (χ3n) is 2.97. The number of methoxy groups -OCH3 is 2. The molecule has 0 aliphatic heterocycles. The van der Waals surface area contributed by atoms with Gasteiger partial charge in [0.05, 0.1) is 6.61 Å². The van der Waals surface area contributed by atoms with Crippen molar-refractivity contribution in [2.45, 2.75) is 24.9 Å². The monoisotopic (exact) mass is 243 g/mol. The summed E-state index contributed by atoms with van der Waals surface area (Å²) in [4.78, 5) is 4.46. The average Bonchev–Trinajstić information content (AvgIpc) is 2.67. The molecule has 1 fully saturated rings. The lowest BCUT2D eigenvalue weighted by atomic mass is 9.79. The molecule has 1 N–H and O–H groups in total. The van der Waals surface area contributed by atoms with Gasteiger partial charge in [-0.25, -0.2) is 4.98 Å². The first-order chi connectivity index (χ1) is 7.80. The SMILES string of the molecule is COCCNc1nc(C2(OC)CCC2)ns1. The van der Waals surface area contributed by atoms with E-state index in [-0.39, 0.29) is 5.60 Å². The van der Waals surface area contributed by atoms with E-state index in [0.29, 0.717) is 6.61 Å². The third kappa shape index (κ3) is 2.18. The predicted octanol–water partition coefficient (Wildman–Crippen LogP) is 1.62. The van der Waals surface area contributed by atoms with E-state index in [4.69, 9.17) is 9.47 Å². The molecule has 5 nitrogen and oxygen atoms in total. The standard InChI is InChI=1S/C10H17N3O2S/c1-14-7-6-11-9-12-8(13-16-9)10(15-2)4-3-5-10/h3-7H2,1-2H3,(H,11,12,13). The molecule has 1 aliphatic rings. The van der Waals surface area contributed by atoms with E-state index in [1.807, 2.05) is 0 Å². The number of nitrogens with one attached hydrogen (secondary N) is 1. The first-order valence-corrected chi connectivity index (χ1v) is 6.20. The minimum Gasteiger partial charge on any atom is -0.383 e. The van der Waals surface area contributed by atoms with Crippen molar-refractivity contribution in [3.05, 3.63) is 5.82 Å². The van der Waals surface area contributed by atoms with Crippen molar-refractivity contribution >= 4 is 16.7 Å². The van der Waals surface area contributed by atoms with Crippen molar-refractivity contribution in [3.8, 4) is 0 Å². The fourth-order valence-corrected chi connectivity index (χ4v) is 2.43. The lowest BCUT2D eigenvalue weighted by Crippen LogP contribution is -2.37. The summed E-state index contributed by atoms with van der Waals surface area (Å²) >= 11 is 1.38. The van der Waals surface area contributed by atoms with E-state index in [1.165, 1.54) is 18.0 Å². The van der Waals surface area contributed by atoms with E-state index >= 15 is 0 Å². The molecular formula is C10H17N3O2S. The maximum Gasteiger partial charge on any atom is 0.202 e. The molecule has 1 aromatic heterocycles. The van der Waals surface area contributed by atoms with Crippen LogP contribution in [-0.2, 0) is 15.1 Å². The fraction of sp³-hybridized carbons (Fsp3) is 0.800. The molecule has 0 amide bonds. The summed E-state index contributed by atoms with van der Waals surface area (Å²) < 4.78 is 14.9. The minimum atomic E-state index is -0.211. The first-order valence-electron chi connectivity index (χ1n) is 5.43. The average molecular weight is 243 g/mol. The Morgan fingerprint density at radius 2 is 2.25 bits per heavy atom. The Balaban J connectivity index is 1.96. The highest BCUT2D eigenvalue weighted by molar-refractivity contribution is 7.09. The van der Waals surface area contributed by atoms with Crippen LogP contribution in [0.1, 0.15) is 25.1 Å². The molecule has 0 atom stereocenters. The topological polar surface area (TPSA) is 56.3 Å². The summed E-state index contributed by atoms with van der Waals surface area (Å²) in [5.74, 6) is 0.825. The summed E-state index contributed by atoms with van der Waals surface area (Å²) in [7, 11) is 3.42. The zero-order chi connectivity index (χ0) is 11.4. The van der Waals surface area contributed by atoms with Crippen molar-refractivity contribution in [3.63, 3.8) is 0 Å². The summed E-state index contributed by atoms with van der Waals surface area (Å²) in [5, 5.41) is 4.02. The summed E-state index contributed by atoms with van der Waals surface area (Å²) in [6, 6.07) is 0. The van der Waals surface area contributed by atoms with Gasteiger partial charge in [0.25, 0.3) is 0 Å². The van der Waals surface area contributed by atoms with Gasteiger partial charge in [0.2, 0.25) is 5.13 Å². The maximum absolute atomic E-state index is 5.53. The molecular weight excluding hydrogens is 226 g/mol. The highest BCUT2D eigenvalue weighted by atomic mass is 32.1. The molecule has 1 saturated carbocycles. The van der Waals surface area contributed by atoms with Crippen molar-refractivity contribution in [1.82, 2.24) is 9.36 Å². The highest BCUT2D eigenvalue weighted by Gasteiger charge is 2.42. The molecule has 1 aliphatic carbocycles. The molecule has 0 spiro atoms. The lowest BCUT2D eigenvalue weighted by molar-refractivity contribution is -0.0837. The van der Waals surface area contributed by atoms with Gasteiger partial charge >= 0.3 is 0 Å². The van der Waals surface area contributed by atoms with Crippen LogP contribution in [-0.4, -0.2) is 36.7 Å². The number of nitrogens with zero attached hydrogens (tertiary/aromatic N) is 2. The van der Waals surface area contributed by atoms with Crippen LogP contribution >= 0.6 is 11.5 Å². The molecule has 0 radical (unpaired) electrons.